The number of piperazine rings is 1. The first-order valence-electron chi connectivity index (χ1n) is 8.55. The zero-order valence-corrected chi connectivity index (χ0v) is 15.8. The van der Waals surface area contributed by atoms with E-state index in [2.05, 4.69) is 15.5 Å². The molecule has 146 valence electrons. The molecule has 0 bridgehead atoms. The summed E-state index contributed by atoms with van der Waals surface area (Å²) in [7, 11) is -1.80. The van der Waals surface area contributed by atoms with E-state index in [0.29, 0.717) is 49.9 Å². The van der Waals surface area contributed by atoms with E-state index in [1.165, 1.54) is 16.6 Å². The summed E-state index contributed by atoms with van der Waals surface area (Å²) in [5.74, 6) is 0.167. The zero-order chi connectivity index (χ0) is 19.3. The Kier molecular flexibility index (Phi) is 6.07. The van der Waals surface area contributed by atoms with Crippen LogP contribution in [0.1, 0.15) is 11.3 Å². The standard InChI is InChI=1S/C17H22FN5O3S/c1-19-17(20-12-14-4-2-3-5-16(14)18)22-7-9-23(10-8-22)27(24,25)13-15-6-11-26-21-15/h2-6,11H,7-10,12-13H2,1H3,(H,19,20). The highest BCUT2D eigenvalue weighted by Crippen LogP contribution is 2.13. The maximum absolute atomic E-state index is 13.7. The number of rotatable bonds is 5. The Labute approximate surface area is 157 Å². The average Bonchev–Trinajstić information content (AvgIpc) is 3.16. The van der Waals surface area contributed by atoms with Gasteiger partial charge in [0.05, 0.1) is 5.69 Å². The summed E-state index contributed by atoms with van der Waals surface area (Å²) < 4.78 is 44.9. The number of nitrogens with zero attached hydrogens (tertiary/aromatic N) is 4. The van der Waals surface area contributed by atoms with Crippen LogP contribution in [0.5, 0.6) is 0 Å². The van der Waals surface area contributed by atoms with Crippen LogP contribution in [0.2, 0.25) is 0 Å². The van der Waals surface area contributed by atoms with Crippen molar-refractivity contribution < 1.29 is 17.3 Å². The molecular formula is C17H22FN5O3S. The van der Waals surface area contributed by atoms with Crippen molar-refractivity contribution in [2.45, 2.75) is 12.3 Å². The molecule has 8 nitrogen and oxygen atoms in total. The van der Waals surface area contributed by atoms with Crippen LogP contribution < -0.4 is 5.32 Å². The molecule has 10 heteroatoms. The van der Waals surface area contributed by atoms with E-state index < -0.39 is 10.0 Å². The number of halogens is 1. The highest BCUT2D eigenvalue weighted by molar-refractivity contribution is 7.88. The van der Waals surface area contributed by atoms with E-state index in [1.54, 1.807) is 31.3 Å². The van der Waals surface area contributed by atoms with Gasteiger partial charge in [0.25, 0.3) is 0 Å². The SMILES string of the molecule is CN=C(NCc1ccccc1F)N1CCN(S(=O)(=O)Cc2ccon2)CC1. The number of hydrogen-bond acceptors (Lipinski definition) is 5. The Morgan fingerprint density at radius 2 is 2.00 bits per heavy atom. The van der Waals surface area contributed by atoms with Gasteiger partial charge >= 0.3 is 0 Å². The minimum Gasteiger partial charge on any atom is -0.364 e. The van der Waals surface area contributed by atoms with Gasteiger partial charge in [-0.3, -0.25) is 4.99 Å². The summed E-state index contributed by atoms with van der Waals surface area (Å²) in [6.07, 6.45) is 1.36. The summed E-state index contributed by atoms with van der Waals surface area (Å²) in [6.45, 7) is 2.00. The van der Waals surface area contributed by atoms with Crippen molar-refractivity contribution in [2.24, 2.45) is 4.99 Å². The fraction of sp³-hybridized carbons (Fsp3) is 0.412. The molecule has 1 fully saturated rings. The average molecular weight is 395 g/mol. The van der Waals surface area contributed by atoms with Crippen LogP contribution in [0.3, 0.4) is 0 Å². The van der Waals surface area contributed by atoms with Crippen LogP contribution in [0.4, 0.5) is 4.39 Å². The fourth-order valence-corrected chi connectivity index (χ4v) is 4.34. The molecule has 1 aliphatic heterocycles. The van der Waals surface area contributed by atoms with Crippen molar-refractivity contribution in [3.63, 3.8) is 0 Å². The predicted molar refractivity (Wildman–Crippen MR) is 98.9 cm³/mol. The second-order valence-electron chi connectivity index (χ2n) is 6.13. The van der Waals surface area contributed by atoms with Crippen molar-refractivity contribution in [1.29, 1.82) is 0 Å². The minimum atomic E-state index is -3.45. The first-order valence-corrected chi connectivity index (χ1v) is 10.2. The number of sulfonamides is 1. The van der Waals surface area contributed by atoms with E-state index in [-0.39, 0.29) is 11.6 Å². The highest BCUT2D eigenvalue weighted by Gasteiger charge is 2.29. The molecular weight excluding hydrogens is 373 g/mol. The van der Waals surface area contributed by atoms with Gasteiger partial charge in [-0.05, 0) is 6.07 Å². The van der Waals surface area contributed by atoms with E-state index in [4.69, 9.17) is 4.52 Å². The Hall–Kier alpha value is -2.46. The number of aliphatic imine (C=N–C) groups is 1. The molecule has 0 saturated carbocycles. The molecule has 0 atom stereocenters. The van der Waals surface area contributed by atoms with Gasteiger partial charge in [-0.2, -0.15) is 4.31 Å². The van der Waals surface area contributed by atoms with Crippen LogP contribution in [0.15, 0.2) is 46.1 Å². The van der Waals surface area contributed by atoms with Crippen molar-refractivity contribution in [3.05, 3.63) is 53.7 Å². The largest absolute Gasteiger partial charge is 0.364 e. The molecule has 2 aromatic rings. The number of benzene rings is 1. The van der Waals surface area contributed by atoms with Gasteiger partial charge in [0, 0.05) is 51.4 Å². The molecule has 1 N–H and O–H groups in total. The molecule has 27 heavy (non-hydrogen) atoms. The minimum absolute atomic E-state index is 0.177. The van der Waals surface area contributed by atoms with Crippen molar-refractivity contribution in [2.75, 3.05) is 33.2 Å². The number of hydrogen-bond donors (Lipinski definition) is 1. The van der Waals surface area contributed by atoms with Gasteiger partial charge in [-0.25, -0.2) is 12.8 Å². The Balaban J connectivity index is 1.55. The highest BCUT2D eigenvalue weighted by atomic mass is 32.2. The van der Waals surface area contributed by atoms with Gasteiger partial charge in [-0.1, -0.05) is 23.4 Å². The molecule has 0 radical (unpaired) electrons. The van der Waals surface area contributed by atoms with Crippen LogP contribution in [-0.4, -0.2) is 62.0 Å². The zero-order valence-electron chi connectivity index (χ0n) is 15.0. The Morgan fingerprint density at radius 3 is 2.63 bits per heavy atom. The summed E-state index contributed by atoms with van der Waals surface area (Å²) in [4.78, 5) is 6.18. The van der Waals surface area contributed by atoms with Gasteiger partial charge in [-0.15, -0.1) is 0 Å². The molecule has 0 aliphatic carbocycles. The third-order valence-corrected chi connectivity index (χ3v) is 6.17. The lowest BCUT2D eigenvalue weighted by atomic mass is 10.2. The summed E-state index contributed by atoms with van der Waals surface area (Å²) in [5, 5.41) is 6.79. The van der Waals surface area contributed by atoms with Crippen LogP contribution in [0.25, 0.3) is 0 Å². The predicted octanol–water partition coefficient (Wildman–Crippen LogP) is 1.04. The fourth-order valence-electron chi connectivity index (χ4n) is 2.92. The van der Waals surface area contributed by atoms with Gasteiger partial charge in [0.1, 0.15) is 17.8 Å². The summed E-state index contributed by atoms with van der Waals surface area (Å²) in [5.41, 5.74) is 0.937. The van der Waals surface area contributed by atoms with Crippen molar-refractivity contribution in [1.82, 2.24) is 19.7 Å². The molecule has 0 unspecified atom stereocenters. The molecule has 1 aromatic carbocycles. The molecule has 2 heterocycles. The molecule has 1 saturated heterocycles. The van der Waals surface area contributed by atoms with E-state index >= 15 is 0 Å². The number of guanidine groups is 1. The third-order valence-electron chi connectivity index (χ3n) is 4.36. The topological polar surface area (TPSA) is 91.0 Å². The normalized spacial score (nSPS) is 16.5. The van der Waals surface area contributed by atoms with Crippen LogP contribution >= 0.6 is 0 Å². The lowest BCUT2D eigenvalue weighted by molar-refractivity contribution is 0.259. The van der Waals surface area contributed by atoms with Crippen molar-refractivity contribution >= 4 is 16.0 Å². The number of aromatic nitrogens is 1. The maximum atomic E-state index is 13.7. The molecule has 0 amide bonds. The molecule has 3 rings (SSSR count). The monoisotopic (exact) mass is 395 g/mol. The smallest absolute Gasteiger partial charge is 0.220 e. The van der Waals surface area contributed by atoms with Gasteiger partial charge < -0.3 is 14.7 Å². The third kappa shape index (κ3) is 4.83. The van der Waals surface area contributed by atoms with Crippen LogP contribution in [0, 0.1) is 5.82 Å². The maximum Gasteiger partial charge on any atom is 0.220 e. The van der Waals surface area contributed by atoms with E-state index in [9.17, 15) is 12.8 Å². The van der Waals surface area contributed by atoms with Gasteiger partial charge in [0.2, 0.25) is 10.0 Å². The van der Waals surface area contributed by atoms with Crippen molar-refractivity contribution in [3.8, 4) is 0 Å². The first kappa shape index (κ1) is 19.3. The Bertz CT molecular complexity index is 878. The second kappa shape index (κ2) is 8.49. The summed E-state index contributed by atoms with van der Waals surface area (Å²) in [6, 6.07) is 8.10. The first-order chi connectivity index (χ1) is 13.0. The lowest BCUT2D eigenvalue weighted by Gasteiger charge is -2.35. The van der Waals surface area contributed by atoms with Crippen LogP contribution in [-0.2, 0) is 22.3 Å². The summed E-state index contributed by atoms with van der Waals surface area (Å²) >= 11 is 0. The second-order valence-corrected chi connectivity index (χ2v) is 8.09. The molecule has 1 aliphatic rings. The quantitative estimate of drug-likeness (QED) is 0.601. The number of nitrogens with one attached hydrogen (secondary N) is 1. The van der Waals surface area contributed by atoms with Gasteiger partial charge in [0.15, 0.2) is 5.96 Å². The van der Waals surface area contributed by atoms with E-state index in [1.807, 2.05) is 4.90 Å². The molecule has 0 spiro atoms. The Morgan fingerprint density at radius 1 is 1.26 bits per heavy atom. The van der Waals surface area contributed by atoms with E-state index in [0.717, 1.165) is 0 Å². The molecule has 1 aromatic heterocycles. The lowest BCUT2D eigenvalue weighted by Crippen LogP contribution is -2.53.